The molecule has 0 aliphatic carbocycles. The van der Waals surface area contributed by atoms with E-state index >= 15 is 0 Å². The van der Waals surface area contributed by atoms with Gasteiger partial charge in [-0.2, -0.15) is 5.10 Å². The van der Waals surface area contributed by atoms with Crippen LogP contribution in [0, 0.1) is 13.8 Å². The van der Waals surface area contributed by atoms with Crippen molar-refractivity contribution in [1.82, 2.24) is 36.5 Å². The number of hydrazone groups is 1. The maximum absolute atomic E-state index is 14.5. The molecule has 0 unspecified atom stereocenters. The number of benzene rings is 3. The maximum atomic E-state index is 14.5. The van der Waals surface area contributed by atoms with Gasteiger partial charge in [-0.3, -0.25) is 34.1 Å². The largest absolute Gasteiger partial charge is 0.492 e. The first-order valence-electron chi connectivity index (χ1n) is 20.5. The molecule has 3 aromatic carbocycles. The van der Waals surface area contributed by atoms with Crippen molar-refractivity contribution in [1.29, 1.82) is 0 Å². The molecule has 8 amide bonds. The smallest absolute Gasteiger partial charge is 0.344 e. The van der Waals surface area contributed by atoms with E-state index in [1.807, 2.05) is 13.0 Å². The summed E-state index contributed by atoms with van der Waals surface area (Å²) in [5.74, 6) is -3.00. The predicted molar refractivity (Wildman–Crippen MR) is 232 cm³/mol. The average molecular weight is 870 g/mol. The van der Waals surface area contributed by atoms with E-state index in [1.165, 1.54) is 25.1 Å². The highest BCUT2D eigenvalue weighted by Gasteiger charge is 2.36. The summed E-state index contributed by atoms with van der Waals surface area (Å²) in [4.78, 5) is 94.8. The van der Waals surface area contributed by atoms with Crippen LogP contribution < -0.4 is 53.3 Å². The highest BCUT2D eigenvalue weighted by atomic mass is 16.5. The van der Waals surface area contributed by atoms with E-state index < -0.39 is 65.6 Å². The van der Waals surface area contributed by atoms with Crippen LogP contribution in [0.1, 0.15) is 52.0 Å². The molecule has 2 aliphatic heterocycles. The molecule has 4 bridgehead atoms. The van der Waals surface area contributed by atoms with Crippen LogP contribution in [0.2, 0.25) is 0 Å². The number of urea groups is 1. The van der Waals surface area contributed by atoms with E-state index in [2.05, 4.69) is 31.7 Å². The first-order chi connectivity index (χ1) is 30.1. The number of fused-ring (bicyclic) bond motifs is 5. The van der Waals surface area contributed by atoms with Gasteiger partial charge in [-0.1, -0.05) is 29.8 Å². The SMILES string of the molecule is Cc1ccc(C(=O)N[C@@H](CCN)C(=O)N(C)[C@@H]2C(=O)N[C@@H](C)C(=O)N[C@H](C(=O)NC/C=N/N3CC(=O)NC3=O)Cc3ccc(OCCN)c(c3)-c3cc2ccc3OCCN)c(C)c1. The summed E-state index contributed by atoms with van der Waals surface area (Å²) in [6, 6.07) is 9.75. The number of ether oxygens (including phenoxy) is 2. The quantitative estimate of drug-likeness (QED) is 0.0668. The van der Waals surface area contributed by atoms with Gasteiger partial charge in [0.2, 0.25) is 29.5 Å². The number of likely N-dealkylation sites (N-methyl/N-ethyl adjacent to an activating group) is 1. The van der Waals surface area contributed by atoms with Crippen molar-refractivity contribution in [3.63, 3.8) is 0 Å². The lowest BCUT2D eigenvalue weighted by Gasteiger charge is -2.32. The zero-order chi connectivity index (χ0) is 45.8. The van der Waals surface area contributed by atoms with Crippen molar-refractivity contribution in [2.45, 2.75) is 57.8 Å². The molecular weight excluding hydrogens is 815 g/mol. The van der Waals surface area contributed by atoms with Crippen LogP contribution in [0.3, 0.4) is 0 Å². The highest BCUT2D eigenvalue weighted by molar-refractivity contribution is 6.02. The molecule has 0 spiro atoms. The van der Waals surface area contributed by atoms with E-state index in [4.69, 9.17) is 26.7 Å². The number of carbonyl (C=O) groups excluding carboxylic acids is 7. The number of aryl methyl sites for hydroxylation is 2. The number of nitrogens with one attached hydrogen (secondary N) is 5. The first-order valence-corrected chi connectivity index (χ1v) is 20.5. The number of rotatable bonds is 16. The van der Waals surface area contributed by atoms with Crippen LogP contribution in [-0.2, 0) is 30.4 Å². The van der Waals surface area contributed by atoms with Gasteiger partial charge in [0.15, 0.2) is 0 Å². The summed E-state index contributed by atoms with van der Waals surface area (Å²) >= 11 is 0. The molecule has 63 heavy (non-hydrogen) atoms. The summed E-state index contributed by atoms with van der Waals surface area (Å²) < 4.78 is 12.2. The molecule has 1 fully saturated rings. The Labute approximate surface area is 364 Å². The van der Waals surface area contributed by atoms with E-state index in [0.717, 1.165) is 10.6 Å². The monoisotopic (exact) mass is 869 g/mol. The van der Waals surface area contributed by atoms with Crippen molar-refractivity contribution in [3.8, 4) is 22.6 Å². The second-order valence-corrected chi connectivity index (χ2v) is 15.1. The molecule has 4 atom stereocenters. The standard InChI is InChI=1S/C43H55N11O9/c1-24-5-8-29(25(2)19-24)39(57)50-32(11-12-44)42(60)53(4)37-28-7-10-35(63-18-14-46)31(22-28)30-20-27(6-9-34(30)62-17-13-45)21-33(51-38(56)26(3)49-41(37)59)40(58)47-15-16-48-54-23-36(55)52-43(54)61/h5-10,16,19-20,22,26,32-33,37H,11-15,17-18,21,23,44-46H2,1-4H3,(H,47,58)(H,49,59)(H,50,57)(H,51,56)(H,52,55,61)/b48-16+/t26-,32-,33-,37-/m0/s1. The van der Waals surface area contributed by atoms with Gasteiger partial charge in [0, 0.05) is 49.5 Å². The van der Waals surface area contributed by atoms with Crippen molar-refractivity contribution >= 4 is 47.7 Å². The Morgan fingerprint density at radius 1 is 0.905 bits per heavy atom. The van der Waals surface area contributed by atoms with Gasteiger partial charge >= 0.3 is 6.03 Å². The number of hydrogen-bond acceptors (Lipinski definition) is 13. The molecule has 2 aliphatic rings. The summed E-state index contributed by atoms with van der Waals surface area (Å²) in [5.41, 5.74) is 21.5. The normalized spacial score (nSPS) is 18.1. The number of nitrogens with zero attached hydrogens (tertiary/aromatic N) is 3. The minimum absolute atomic E-state index is 0.0303. The fourth-order valence-electron chi connectivity index (χ4n) is 7.12. The van der Waals surface area contributed by atoms with Gasteiger partial charge in [-0.25, -0.2) is 9.80 Å². The third-order valence-corrected chi connectivity index (χ3v) is 10.3. The third kappa shape index (κ3) is 11.9. The molecule has 1 saturated heterocycles. The summed E-state index contributed by atoms with van der Waals surface area (Å²) in [6.07, 6.45) is 1.24. The lowest BCUT2D eigenvalue weighted by molar-refractivity contribution is -0.141. The molecule has 3 aromatic rings. The summed E-state index contributed by atoms with van der Waals surface area (Å²) in [5, 5.41) is 17.8. The van der Waals surface area contributed by atoms with Gasteiger partial charge in [0.25, 0.3) is 5.91 Å². The van der Waals surface area contributed by atoms with Gasteiger partial charge in [0.05, 0.1) is 6.54 Å². The molecule has 0 saturated carbocycles. The Morgan fingerprint density at radius 3 is 2.22 bits per heavy atom. The van der Waals surface area contributed by atoms with Crippen molar-refractivity contribution in [2.75, 3.05) is 53.0 Å². The molecular formula is C43H55N11O9. The molecule has 336 valence electrons. The third-order valence-electron chi connectivity index (χ3n) is 10.3. The molecule has 0 aromatic heterocycles. The van der Waals surface area contributed by atoms with E-state index in [-0.39, 0.29) is 58.8 Å². The topological polar surface area (TPSA) is 295 Å². The van der Waals surface area contributed by atoms with Crippen LogP contribution in [0.25, 0.3) is 11.1 Å². The summed E-state index contributed by atoms with van der Waals surface area (Å²) in [7, 11) is 1.42. The highest BCUT2D eigenvalue weighted by Crippen LogP contribution is 2.40. The average Bonchev–Trinajstić information content (AvgIpc) is 3.58. The second kappa shape index (κ2) is 21.8. The number of nitrogens with two attached hydrogens (primary N) is 3. The van der Waals surface area contributed by atoms with Crippen LogP contribution in [0.5, 0.6) is 11.5 Å². The van der Waals surface area contributed by atoms with Crippen LogP contribution in [-0.4, -0.2) is 129 Å². The van der Waals surface area contributed by atoms with Crippen LogP contribution in [0.4, 0.5) is 4.79 Å². The minimum Gasteiger partial charge on any atom is -0.492 e. The Morgan fingerprint density at radius 2 is 1.59 bits per heavy atom. The molecule has 20 nitrogen and oxygen atoms in total. The molecule has 5 rings (SSSR count). The minimum atomic E-state index is -1.39. The first kappa shape index (κ1) is 47.2. The second-order valence-electron chi connectivity index (χ2n) is 15.1. The molecule has 20 heteroatoms. The van der Waals surface area contributed by atoms with Gasteiger partial charge in [-0.05, 0) is 80.8 Å². The lowest BCUT2D eigenvalue weighted by Crippen LogP contribution is -2.56. The fourth-order valence-corrected chi connectivity index (χ4v) is 7.12. The Balaban J connectivity index is 1.56. The van der Waals surface area contributed by atoms with Crippen LogP contribution >= 0.6 is 0 Å². The lowest BCUT2D eigenvalue weighted by atomic mass is 9.93. The Hall–Kier alpha value is -6.90. The van der Waals surface area contributed by atoms with Crippen molar-refractivity contribution in [3.05, 3.63) is 82.4 Å². The fraction of sp³-hybridized carbons (Fsp3) is 0.395. The predicted octanol–water partition coefficient (Wildman–Crippen LogP) is -0.508. The number of amides is 8. The molecule has 0 radical (unpaired) electrons. The van der Waals surface area contributed by atoms with Crippen molar-refractivity contribution < 1.29 is 43.0 Å². The van der Waals surface area contributed by atoms with Crippen molar-refractivity contribution in [2.24, 2.45) is 22.3 Å². The van der Waals surface area contributed by atoms with E-state index in [9.17, 15) is 33.6 Å². The van der Waals surface area contributed by atoms with E-state index in [0.29, 0.717) is 44.9 Å². The number of carbonyl (C=O) groups is 7. The van der Waals surface area contributed by atoms with Gasteiger partial charge in [0.1, 0.15) is 55.4 Å². The Bertz CT molecular complexity index is 2250. The van der Waals surface area contributed by atoms with Crippen LogP contribution in [0.15, 0.2) is 59.7 Å². The maximum Gasteiger partial charge on any atom is 0.344 e. The van der Waals surface area contributed by atoms with E-state index in [1.54, 1.807) is 55.5 Å². The zero-order valence-corrected chi connectivity index (χ0v) is 35.7. The van der Waals surface area contributed by atoms with Gasteiger partial charge in [-0.15, -0.1) is 0 Å². The number of imide groups is 1. The molecule has 11 N–H and O–H groups in total. The van der Waals surface area contributed by atoms with Gasteiger partial charge < -0.3 is 52.8 Å². The molecule has 2 heterocycles. The Kier molecular flexibility index (Phi) is 16.3. The zero-order valence-electron chi connectivity index (χ0n) is 35.7. The summed E-state index contributed by atoms with van der Waals surface area (Å²) in [6.45, 7) is 5.34. The number of hydrogen-bond donors (Lipinski definition) is 8.